The minimum absolute atomic E-state index is 0.0145. The standard InChI is InChI=1S/C7H7FN4O2S/c8-7-2-1-6(15(10,13)14)3-5(7)4-11-12-9/h1-3H,4H2,(H2,10,13,14). The Labute approximate surface area is 85.2 Å². The number of azide groups is 1. The molecule has 0 aliphatic heterocycles. The zero-order valence-electron chi connectivity index (χ0n) is 7.46. The quantitative estimate of drug-likeness (QED) is 0.479. The predicted octanol–water partition coefficient (Wildman–Crippen LogP) is 1.28. The van der Waals surface area contributed by atoms with Gasteiger partial charge in [-0.15, -0.1) is 0 Å². The molecule has 0 amide bonds. The van der Waals surface area contributed by atoms with Gasteiger partial charge in [0, 0.05) is 4.91 Å². The lowest BCUT2D eigenvalue weighted by atomic mass is 10.2. The summed E-state index contributed by atoms with van der Waals surface area (Å²) in [5.74, 6) is -0.644. The molecule has 0 saturated heterocycles. The third-order valence-electron chi connectivity index (χ3n) is 1.65. The van der Waals surface area contributed by atoms with Gasteiger partial charge < -0.3 is 0 Å². The molecule has 0 atom stereocenters. The van der Waals surface area contributed by atoms with Gasteiger partial charge in [-0.3, -0.25) is 0 Å². The Balaban J connectivity index is 3.22. The van der Waals surface area contributed by atoms with Crippen molar-refractivity contribution >= 4 is 10.0 Å². The maximum Gasteiger partial charge on any atom is 0.238 e. The molecular formula is C7H7FN4O2S. The molecule has 0 spiro atoms. The van der Waals surface area contributed by atoms with Gasteiger partial charge in [-0.25, -0.2) is 17.9 Å². The zero-order valence-corrected chi connectivity index (χ0v) is 8.28. The first kappa shape index (κ1) is 11.4. The minimum Gasteiger partial charge on any atom is -0.225 e. The molecule has 1 rings (SSSR count). The van der Waals surface area contributed by atoms with Crippen LogP contribution in [0.4, 0.5) is 4.39 Å². The Morgan fingerprint density at radius 2 is 2.20 bits per heavy atom. The summed E-state index contributed by atoms with van der Waals surface area (Å²) in [6.07, 6.45) is 0. The van der Waals surface area contributed by atoms with E-state index in [1.54, 1.807) is 0 Å². The van der Waals surface area contributed by atoms with E-state index in [1.165, 1.54) is 0 Å². The van der Waals surface area contributed by atoms with Crippen LogP contribution >= 0.6 is 0 Å². The van der Waals surface area contributed by atoms with Gasteiger partial charge in [-0.1, -0.05) is 5.11 Å². The smallest absolute Gasteiger partial charge is 0.225 e. The predicted molar refractivity (Wildman–Crippen MR) is 50.6 cm³/mol. The number of sulfonamides is 1. The van der Waals surface area contributed by atoms with Crippen molar-refractivity contribution in [2.75, 3.05) is 0 Å². The van der Waals surface area contributed by atoms with E-state index >= 15 is 0 Å². The molecule has 0 aromatic heterocycles. The molecule has 0 heterocycles. The molecule has 15 heavy (non-hydrogen) atoms. The number of halogens is 1. The normalized spacial score (nSPS) is 10.8. The van der Waals surface area contributed by atoms with E-state index in [9.17, 15) is 12.8 Å². The van der Waals surface area contributed by atoms with E-state index in [1.807, 2.05) is 0 Å². The number of benzene rings is 1. The van der Waals surface area contributed by atoms with Gasteiger partial charge in [-0.05, 0) is 29.3 Å². The summed E-state index contributed by atoms with van der Waals surface area (Å²) in [7, 11) is -3.87. The van der Waals surface area contributed by atoms with Crippen molar-refractivity contribution in [2.24, 2.45) is 10.3 Å². The lowest BCUT2D eigenvalue weighted by Gasteiger charge is -2.02. The zero-order chi connectivity index (χ0) is 11.5. The average molecular weight is 230 g/mol. The third-order valence-corrected chi connectivity index (χ3v) is 2.56. The molecule has 0 aliphatic carbocycles. The summed E-state index contributed by atoms with van der Waals surface area (Å²) in [5.41, 5.74) is 8.03. The van der Waals surface area contributed by atoms with Crippen molar-refractivity contribution in [3.05, 3.63) is 40.0 Å². The first-order chi connectivity index (χ1) is 6.95. The van der Waals surface area contributed by atoms with Crippen molar-refractivity contribution in [2.45, 2.75) is 11.4 Å². The SMILES string of the molecule is [N-]=[N+]=NCc1cc(S(N)(=O)=O)ccc1F. The maximum atomic E-state index is 13.1. The van der Waals surface area contributed by atoms with Crippen LogP contribution in [0.2, 0.25) is 0 Å². The molecule has 0 bridgehead atoms. The molecule has 6 nitrogen and oxygen atoms in total. The number of nitrogens with zero attached hydrogens (tertiary/aromatic N) is 3. The molecule has 0 aliphatic rings. The maximum absolute atomic E-state index is 13.1. The van der Waals surface area contributed by atoms with Crippen LogP contribution in [0.25, 0.3) is 10.4 Å². The van der Waals surface area contributed by atoms with Gasteiger partial charge >= 0.3 is 0 Å². The number of hydrogen-bond donors (Lipinski definition) is 1. The number of nitrogens with two attached hydrogens (primary N) is 1. The Hall–Kier alpha value is -1.63. The lowest BCUT2D eigenvalue weighted by molar-refractivity contribution is 0.593. The molecule has 0 unspecified atom stereocenters. The fraction of sp³-hybridized carbons (Fsp3) is 0.143. The molecule has 0 saturated carbocycles. The largest absolute Gasteiger partial charge is 0.238 e. The average Bonchev–Trinajstić information content (AvgIpc) is 2.15. The fourth-order valence-corrected chi connectivity index (χ4v) is 1.52. The van der Waals surface area contributed by atoms with Gasteiger partial charge in [-0.2, -0.15) is 0 Å². The Kier molecular flexibility index (Phi) is 3.25. The molecule has 0 radical (unpaired) electrons. The van der Waals surface area contributed by atoms with Crippen molar-refractivity contribution in [1.82, 2.24) is 0 Å². The van der Waals surface area contributed by atoms with Crippen LogP contribution in [0, 0.1) is 5.82 Å². The van der Waals surface area contributed by atoms with E-state index in [0.29, 0.717) is 0 Å². The minimum atomic E-state index is -3.87. The highest BCUT2D eigenvalue weighted by atomic mass is 32.2. The summed E-state index contributed by atoms with van der Waals surface area (Å²) >= 11 is 0. The summed E-state index contributed by atoms with van der Waals surface area (Å²) in [6, 6.07) is 3.05. The van der Waals surface area contributed by atoms with E-state index in [2.05, 4.69) is 10.0 Å². The second-order valence-corrected chi connectivity index (χ2v) is 4.25. The third kappa shape index (κ3) is 2.91. The van der Waals surface area contributed by atoms with E-state index in [4.69, 9.17) is 10.7 Å². The topological polar surface area (TPSA) is 109 Å². The summed E-state index contributed by atoms with van der Waals surface area (Å²) < 4.78 is 34.9. The highest BCUT2D eigenvalue weighted by Crippen LogP contribution is 2.14. The Morgan fingerprint density at radius 1 is 1.53 bits per heavy atom. The van der Waals surface area contributed by atoms with Crippen LogP contribution in [0.15, 0.2) is 28.2 Å². The van der Waals surface area contributed by atoms with Crippen LogP contribution in [-0.2, 0) is 16.6 Å². The first-order valence-electron chi connectivity index (χ1n) is 3.77. The van der Waals surface area contributed by atoms with Crippen molar-refractivity contribution < 1.29 is 12.8 Å². The van der Waals surface area contributed by atoms with Crippen LogP contribution in [0.1, 0.15) is 5.56 Å². The van der Waals surface area contributed by atoms with Crippen molar-refractivity contribution in [3.63, 3.8) is 0 Å². The van der Waals surface area contributed by atoms with E-state index < -0.39 is 15.8 Å². The van der Waals surface area contributed by atoms with Gasteiger partial charge in [0.05, 0.1) is 11.4 Å². The van der Waals surface area contributed by atoms with Gasteiger partial charge in [0.15, 0.2) is 0 Å². The highest BCUT2D eigenvalue weighted by Gasteiger charge is 2.10. The summed E-state index contributed by atoms with van der Waals surface area (Å²) in [5, 5.41) is 7.98. The summed E-state index contributed by atoms with van der Waals surface area (Å²) in [4.78, 5) is 2.23. The molecular weight excluding hydrogens is 223 g/mol. The number of rotatable bonds is 3. The second kappa shape index (κ2) is 4.26. The lowest BCUT2D eigenvalue weighted by Crippen LogP contribution is -2.12. The number of hydrogen-bond acceptors (Lipinski definition) is 3. The van der Waals surface area contributed by atoms with E-state index in [0.717, 1.165) is 18.2 Å². The van der Waals surface area contributed by atoms with Crippen LogP contribution in [0.3, 0.4) is 0 Å². The van der Waals surface area contributed by atoms with Crippen LogP contribution < -0.4 is 5.14 Å². The fourth-order valence-electron chi connectivity index (χ4n) is 0.957. The monoisotopic (exact) mass is 230 g/mol. The van der Waals surface area contributed by atoms with Crippen LogP contribution in [0.5, 0.6) is 0 Å². The number of primary sulfonamides is 1. The van der Waals surface area contributed by atoms with Crippen molar-refractivity contribution in [1.29, 1.82) is 0 Å². The van der Waals surface area contributed by atoms with Gasteiger partial charge in [0.25, 0.3) is 0 Å². The van der Waals surface area contributed by atoms with Gasteiger partial charge in [0.1, 0.15) is 5.82 Å². The first-order valence-corrected chi connectivity index (χ1v) is 5.32. The molecule has 2 N–H and O–H groups in total. The summed E-state index contributed by atoms with van der Waals surface area (Å²) in [6.45, 7) is -0.258. The highest BCUT2D eigenvalue weighted by molar-refractivity contribution is 7.89. The second-order valence-electron chi connectivity index (χ2n) is 2.69. The molecule has 1 aromatic rings. The molecule has 8 heteroatoms. The Bertz CT molecular complexity index is 522. The van der Waals surface area contributed by atoms with E-state index in [-0.39, 0.29) is 17.0 Å². The molecule has 1 aromatic carbocycles. The van der Waals surface area contributed by atoms with Crippen LogP contribution in [-0.4, -0.2) is 8.42 Å². The van der Waals surface area contributed by atoms with Crippen molar-refractivity contribution in [3.8, 4) is 0 Å². The molecule has 0 fully saturated rings. The Morgan fingerprint density at radius 3 is 2.73 bits per heavy atom. The van der Waals surface area contributed by atoms with Gasteiger partial charge in [0.2, 0.25) is 10.0 Å². The molecule has 80 valence electrons.